The van der Waals surface area contributed by atoms with Crippen LogP contribution in [0.1, 0.15) is 59.3 Å². The van der Waals surface area contributed by atoms with Crippen molar-refractivity contribution in [2.24, 2.45) is 16.9 Å². The molecule has 9 heteroatoms. The average Bonchev–Trinajstić information content (AvgIpc) is 3.12. The van der Waals surface area contributed by atoms with Crippen LogP contribution in [0.4, 0.5) is 0 Å². The van der Waals surface area contributed by atoms with E-state index in [0.717, 1.165) is 56.1 Å². The predicted octanol–water partition coefficient (Wildman–Crippen LogP) is 2.54. The molecule has 0 aromatic heterocycles. The Kier molecular flexibility index (Phi) is 10.9. The maximum absolute atomic E-state index is 12.6. The van der Waals surface area contributed by atoms with Crippen LogP contribution < -0.4 is 10.7 Å². The highest BCUT2D eigenvalue weighted by atomic mass is 35.5. The number of nitrogens with zero attached hydrogens (tertiary/aromatic N) is 2. The average molecular weight is 433 g/mol. The molecule has 0 aromatic carbocycles. The van der Waals surface area contributed by atoms with Crippen molar-refractivity contribution in [1.29, 1.82) is 0 Å². The van der Waals surface area contributed by atoms with E-state index in [1.807, 2.05) is 25.7 Å². The molecule has 2 aliphatic rings. The van der Waals surface area contributed by atoms with Crippen LogP contribution >= 0.6 is 24.2 Å². The van der Waals surface area contributed by atoms with Gasteiger partial charge in [-0.15, -0.1) is 17.5 Å². The lowest BCUT2D eigenvalue weighted by Gasteiger charge is -2.25. The second-order valence-corrected chi connectivity index (χ2v) is 8.72. The number of nitrogens with one attached hydrogen (secondary N) is 2. The maximum Gasteiger partial charge on any atom is 0.309 e. The molecule has 2 rings (SSSR count). The molecule has 7 nitrogen and oxygen atoms in total. The summed E-state index contributed by atoms with van der Waals surface area (Å²) in [6.45, 7) is 7.66. The van der Waals surface area contributed by atoms with Gasteiger partial charge in [-0.05, 0) is 32.1 Å². The lowest BCUT2D eigenvalue weighted by molar-refractivity contribution is -0.140. The molecule has 1 saturated carbocycles. The number of carbonyl (C=O) groups is 3. The molecule has 0 spiro atoms. The topological polar surface area (TPSA) is 90.9 Å². The molecular formula is C19H33ClN4O3S. The van der Waals surface area contributed by atoms with Gasteiger partial charge in [0.1, 0.15) is 0 Å². The molecule has 1 heterocycles. The third-order valence-electron chi connectivity index (χ3n) is 5.04. The Balaban J connectivity index is 0.00000392. The van der Waals surface area contributed by atoms with Crippen LogP contribution in [-0.2, 0) is 14.4 Å². The minimum Gasteiger partial charge on any atom is -0.349 e. The molecule has 1 aliphatic heterocycles. The number of amides is 2. The number of carbonyl (C=O) groups excluding carboxylic acids is 3. The molecule has 2 amide bonds. The lowest BCUT2D eigenvalue weighted by Crippen LogP contribution is -2.49. The van der Waals surface area contributed by atoms with Crippen molar-refractivity contribution in [2.45, 2.75) is 65.3 Å². The van der Waals surface area contributed by atoms with Gasteiger partial charge in [-0.1, -0.05) is 44.9 Å². The Morgan fingerprint density at radius 1 is 1.21 bits per heavy atom. The van der Waals surface area contributed by atoms with Crippen LogP contribution in [0, 0.1) is 11.8 Å². The van der Waals surface area contributed by atoms with Crippen molar-refractivity contribution in [3.63, 3.8) is 0 Å². The first kappa shape index (κ1) is 24.8. The number of hydrogen-bond acceptors (Lipinski definition) is 5. The fraction of sp³-hybridized carbons (Fsp3) is 0.789. The van der Waals surface area contributed by atoms with Gasteiger partial charge in [0.25, 0.3) is 0 Å². The molecule has 2 N–H and O–H groups in total. The molecule has 0 bridgehead atoms. The van der Waals surface area contributed by atoms with Crippen LogP contribution in [0.2, 0.25) is 0 Å². The van der Waals surface area contributed by atoms with E-state index in [4.69, 9.17) is 0 Å². The number of Topliss-reactive ketones (excluding diaryl/α,β-unsaturated/α-hetero) is 1. The molecule has 160 valence electrons. The van der Waals surface area contributed by atoms with Crippen molar-refractivity contribution in [3.8, 4) is 0 Å². The maximum atomic E-state index is 12.6. The quantitative estimate of drug-likeness (QED) is 0.454. The van der Waals surface area contributed by atoms with Crippen molar-refractivity contribution in [1.82, 2.24) is 15.6 Å². The Hall–Kier alpha value is -1.28. The first-order valence-electron chi connectivity index (χ1n) is 10.0. The van der Waals surface area contributed by atoms with Gasteiger partial charge in [0.05, 0.1) is 6.04 Å². The fourth-order valence-electron chi connectivity index (χ4n) is 3.50. The third kappa shape index (κ3) is 7.28. The summed E-state index contributed by atoms with van der Waals surface area (Å²) in [6, 6.07) is -0.793. The standard InChI is InChI=1S/C19H32N4O3S.ClH/c1-4-23-10-11-27-19(23)22-21-18(26)16(24)15(12-13(2)3)20-17(25)14-8-6-5-7-9-14;/h13-15H,4-12H2,1-3H3,(H,20,25)(H,21,26);1H/b22-19-;/t15-;/m0./s1. The largest absolute Gasteiger partial charge is 0.349 e. The smallest absolute Gasteiger partial charge is 0.309 e. The van der Waals surface area contributed by atoms with Crippen LogP contribution in [0.15, 0.2) is 5.10 Å². The molecular weight excluding hydrogens is 400 g/mol. The second-order valence-electron chi connectivity index (χ2n) is 7.65. The van der Waals surface area contributed by atoms with Gasteiger partial charge in [0.2, 0.25) is 11.7 Å². The zero-order chi connectivity index (χ0) is 19.8. The van der Waals surface area contributed by atoms with Crippen molar-refractivity contribution in [2.75, 3.05) is 18.8 Å². The molecule has 1 aliphatic carbocycles. The monoisotopic (exact) mass is 432 g/mol. The fourth-order valence-corrected chi connectivity index (χ4v) is 4.51. The van der Waals surface area contributed by atoms with E-state index in [2.05, 4.69) is 15.8 Å². The van der Waals surface area contributed by atoms with Crippen molar-refractivity contribution < 1.29 is 14.4 Å². The van der Waals surface area contributed by atoms with Crippen LogP contribution in [0.3, 0.4) is 0 Å². The number of hydrogen-bond donors (Lipinski definition) is 2. The van der Waals surface area contributed by atoms with Crippen molar-refractivity contribution >= 4 is 46.9 Å². The van der Waals surface area contributed by atoms with Gasteiger partial charge in [0, 0.05) is 24.8 Å². The van der Waals surface area contributed by atoms with Gasteiger partial charge in [0.15, 0.2) is 5.17 Å². The van der Waals surface area contributed by atoms with E-state index >= 15 is 0 Å². The minimum absolute atomic E-state index is 0. The number of hydrazone groups is 1. The first-order chi connectivity index (χ1) is 12.9. The number of rotatable bonds is 8. The van der Waals surface area contributed by atoms with E-state index in [-0.39, 0.29) is 30.2 Å². The van der Waals surface area contributed by atoms with Gasteiger partial charge in [-0.3, -0.25) is 14.4 Å². The molecule has 2 fully saturated rings. The number of halogens is 1. The summed E-state index contributed by atoms with van der Waals surface area (Å²) in [5, 5.41) is 7.66. The Bertz CT molecular complexity index is 580. The molecule has 0 aromatic rings. The van der Waals surface area contributed by atoms with Crippen molar-refractivity contribution in [3.05, 3.63) is 0 Å². The zero-order valence-electron chi connectivity index (χ0n) is 17.0. The molecule has 0 radical (unpaired) electrons. The summed E-state index contributed by atoms with van der Waals surface area (Å²) in [5.41, 5.74) is 2.38. The van der Waals surface area contributed by atoms with E-state index in [1.165, 1.54) is 0 Å². The normalized spacial score (nSPS) is 20.0. The van der Waals surface area contributed by atoms with Gasteiger partial charge in [-0.2, -0.15) is 0 Å². The highest BCUT2D eigenvalue weighted by Crippen LogP contribution is 2.24. The van der Waals surface area contributed by atoms with E-state index in [9.17, 15) is 14.4 Å². The Labute approximate surface area is 178 Å². The van der Waals surface area contributed by atoms with E-state index in [1.54, 1.807) is 11.8 Å². The summed E-state index contributed by atoms with van der Waals surface area (Å²) in [4.78, 5) is 39.5. The summed E-state index contributed by atoms with van der Waals surface area (Å²) in [5.74, 6) is -0.423. The van der Waals surface area contributed by atoms with Crippen LogP contribution in [0.25, 0.3) is 0 Å². The number of amidine groups is 1. The van der Waals surface area contributed by atoms with Gasteiger partial charge >= 0.3 is 5.91 Å². The minimum atomic E-state index is -0.793. The van der Waals surface area contributed by atoms with Crippen LogP contribution in [-0.4, -0.2) is 52.5 Å². The molecule has 1 atom stereocenters. The Morgan fingerprint density at radius 3 is 2.50 bits per heavy atom. The molecule has 1 saturated heterocycles. The zero-order valence-corrected chi connectivity index (χ0v) is 18.7. The number of thioether (sulfide) groups is 1. The first-order valence-corrected chi connectivity index (χ1v) is 11.0. The van der Waals surface area contributed by atoms with Gasteiger partial charge in [-0.25, -0.2) is 5.43 Å². The third-order valence-corrected chi connectivity index (χ3v) is 6.03. The highest BCUT2D eigenvalue weighted by molar-refractivity contribution is 8.14. The van der Waals surface area contributed by atoms with Crippen LogP contribution in [0.5, 0.6) is 0 Å². The van der Waals surface area contributed by atoms with E-state index < -0.39 is 17.7 Å². The van der Waals surface area contributed by atoms with E-state index in [0.29, 0.717) is 6.42 Å². The SMILES string of the molecule is CCN1CCS/C1=N\NC(=O)C(=O)[C@H](CC(C)C)NC(=O)C1CCCCC1.Cl. The number of ketones is 1. The van der Waals surface area contributed by atoms with Gasteiger partial charge < -0.3 is 10.2 Å². The second kappa shape index (κ2) is 12.3. The summed E-state index contributed by atoms with van der Waals surface area (Å²) < 4.78 is 0. The molecule has 0 unspecified atom stereocenters. The molecule has 28 heavy (non-hydrogen) atoms. The highest BCUT2D eigenvalue weighted by Gasteiger charge is 2.31. The predicted molar refractivity (Wildman–Crippen MR) is 115 cm³/mol. The summed E-state index contributed by atoms with van der Waals surface area (Å²) in [6.07, 6.45) is 5.41. The Morgan fingerprint density at radius 2 is 1.89 bits per heavy atom. The lowest BCUT2D eigenvalue weighted by atomic mass is 9.88. The summed E-state index contributed by atoms with van der Waals surface area (Å²) >= 11 is 1.56. The summed E-state index contributed by atoms with van der Waals surface area (Å²) in [7, 11) is 0.